The zero-order valence-corrected chi connectivity index (χ0v) is 11.4. The summed E-state index contributed by atoms with van der Waals surface area (Å²) in [5.41, 5.74) is 2.65. The van der Waals surface area contributed by atoms with Gasteiger partial charge >= 0.3 is 0 Å². The highest BCUT2D eigenvalue weighted by atomic mass is 15.4. The van der Waals surface area contributed by atoms with Gasteiger partial charge in [-0.15, -0.1) is 0 Å². The lowest BCUT2D eigenvalue weighted by atomic mass is 10.3. The van der Waals surface area contributed by atoms with E-state index >= 15 is 0 Å². The molecular formula is C15H14N6. The maximum Gasteiger partial charge on any atom is 0.203 e. The molecule has 0 amide bonds. The number of anilines is 1. The number of hydrogen-bond acceptors (Lipinski definition) is 4. The van der Waals surface area contributed by atoms with Gasteiger partial charge in [-0.25, -0.2) is 4.98 Å². The number of rotatable bonds is 2. The lowest BCUT2D eigenvalue weighted by Crippen LogP contribution is -2.22. The first-order chi connectivity index (χ1) is 10.3. The van der Waals surface area contributed by atoms with Crippen LogP contribution in [0.2, 0.25) is 0 Å². The minimum Gasteiger partial charge on any atom is -0.340 e. The van der Waals surface area contributed by atoms with Crippen molar-refractivity contribution in [2.24, 2.45) is 0 Å². The average molecular weight is 278 g/mol. The standard InChI is InChI=1S/C15H14N6/c16-7-11-8-17-21(9-11)12-5-6-20(10-12)15-18-13-3-1-2-4-14(13)19-15/h1-4,8-9,12H,5-6,10H2,(H,18,19). The van der Waals surface area contributed by atoms with E-state index < -0.39 is 0 Å². The van der Waals surface area contributed by atoms with Gasteiger partial charge < -0.3 is 9.88 Å². The van der Waals surface area contributed by atoms with E-state index in [1.165, 1.54) is 0 Å². The highest BCUT2D eigenvalue weighted by molar-refractivity contribution is 5.77. The second-order valence-electron chi connectivity index (χ2n) is 5.29. The summed E-state index contributed by atoms with van der Waals surface area (Å²) in [6, 6.07) is 10.4. The van der Waals surface area contributed by atoms with Gasteiger partial charge in [0, 0.05) is 19.3 Å². The van der Waals surface area contributed by atoms with E-state index in [9.17, 15) is 0 Å². The van der Waals surface area contributed by atoms with Crippen LogP contribution in [0.4, 0.5) is 5.95 Å². The minimum atomic E-state index is 0.292. The van der Waals surface area contributed by atoms with Crippen molar-refractivity contribution < 1.29 is 0 Å². The molecule has 6 heteroatoms. The quantitative estimate of drug-likeness (QED) is 0.779. The van der Waals surface area contributed by atoms with E-state index in [4.69, 9.17) is 5.26 Å². The molecule has 1 N–H and O–H groups in total. The van der Waals surface area contributed by atoms with Crippen LogP contribution in [-0.2, 0) is 0 Å². The number of aromatic amines is 1. The number of nitrogens with zero attached hydrogens (tertiary/aromatic N) is 5. The smallest absolute Gasteiger partial charge is 0.203 e. The molecule has 3 heterocycles. The van der Waals surface area contributed by atoms with Gasteiger partial charge in [-0.05, 0) is 18.6 Å². The van der Waals surface area contributed by atoms with Gasteiger partial charge in [-0.3, -0.25) is 4.68 Å². The Balaban J connectivity index is 1.57. The summed E-state index contributed by atoms with van der Waals surface area (Å²) < 4.78 is 1.89. The van der Waals surface area contributed by atoms with Crippen molar-refractivity contribution in [3.05, 3.63) is 42.2 Å². The first-order valence-electron chi connectivity index (χ1n) is 6.97. The van der Waals surface area contributed by atoms with Crippen LogP contribution in [0.15, 0.2) is 36.7 Å². The largest absolute Gasteiger partial charge is 0.340 e. The summed E-state index contributed by atoms with van der Waals surface area (Å²) in [5.74, 6) is 0.909. The van der Waals surface area contributed by atoms with Gasteiger partial charge in [0.1, 0.15) is 6.07 Å². The van der Waals surface area contributed by atoms with Crippen molar-refractivity contribution in [2.75, 3.05) is 18.0 Å². The Kier molecular flexibility index (Phi) is 2.64. The third-order valence-electron chi connectivity index (χ3n) is 3.94. The van der Waals surface area contributed by atoms with Gasteiger partial charge in [0.15, 0.2) is 0 Å². The summed E-state index contributed by atoms with van der Waals surface area (Å²) in [7, 11) is 0. The predicted octanol–water partition coefficient (Wildman–Crippen LogP) is 2.08. The first-order valence-corrected chi connectivity index (χ1v) is 6.97. The number of nitrogens with one attached hydrogen (secondary N) is 1. The topological polar surface area (TPSA) is 73.5 Å². The molecular weight excluding hydrogens is 264 g/mol. The summed E-state index contributed by atoms with van der Waals surface area (Å²) in [4.78, 5) is 10.2. The maximum atomic E-state index is 8.88. The molecule has 3 aromatic rings. The van der Waals surface area contributed by atoms with Gasteiger partial charge in [0.2, 0.25) is 5.95 Å². The van der Waals surface area contributed by atoms with Crippen LogP contribution in [0.3, 0.4) is 0 Å². The lowest BCUT2D eigenvalue weighted by Gasteiger charge is -2.15. The van der Waals surface area contributed by atoms with Crippen molar-refractivity contribution in [1.82, 2.24) is 19.7 Å². The van der Waals surface area contributed by atoms with Crippen LogP contribution >= 0.6 is 0 Å². The summed E-state index contributed by atoms with van der Waals surface area (Å²) in [6.07, 6.45) is 4.43. The van der Waals surface area contributed by atoms with Crippen molar-refractivity contribution >= 4 is 17.0 Å². The Hall–Kier alpha value is -2.81. The molecule has 1 saturated heterocycles. The molecule has 1 aliphatic rings. The molecule has 1 atom stereocenters. The van der Waals surface area contributed by atoms with Crippen LogP contribution in [0.5, 0.6) is 0 Å². The van der Waals surface area contributed by atoms with Crippen molar-refractivity contribution in [2.45, 2.75) is 12.5 Å². The van der Waals surface area contributed by atoms with E-state index in [0.717, 1.165) is 36.5 Å². The zero-order valence-electron chi connectivity index (χ0n) is 11.4. The fourth-order valence-electron chi connectivity index (χ4n) is 2.83. The van der Waals surface area contributed by atoms with Gasteiger partial charge in [0.05, 0.1) is 28.8 Å². The van der Waals surface area contributed by atoms with Gasteiger partial charge in [-0.2, -0.15) is 10.4 Å². The summed E-state index contributed by atoms with van der Waals surface area (Å²) >= 11 is 0. The highest BCUT2D eigenvalue weighted by Gasteiger charge is 2.26. The van der Waals surface area contributed by atoms with Crippen LogP contribution in [0, 0.1) is 11.3 Å². The molecule has 104 valence electrons. The molecule has 0 spiro atoms. The summed E-state index contributed by atoms with van der Waals surface area (Å²) in [5, 5.41) is 13.2. The second kappa shape index (κ2) is 4.63. The molecule has 0 radical (unpaired) electrons. The highest BCUT2D eigenvalue weighted by Crippen LogP contribution is 2.26. The fourth-order valence-corrected chi connectivity index (χ4v) is 2.83. The van der Waals surface area contributed by atoms with E-state index in [0.29, 0.717) is 11.6 Å². The molecule has 0 saturated carbocycles. The Morgan fingerprint density at radius 3 is 3.05 bits per heavy atom. The predicted molar refractivity (Wildman–Crippen MR) is 78.9 cm³/mol. The molecule has 1 aliphatic heterocycles. The molecule has 0 bridgehead atoms. The number of nitriles is 1. The molecule has 2 aromatic heterocycles. The minimum absolute atomic E-state index is 0.292. The number of fused-ring (bicyclic) bond motifs is 1. The van der Waals surface area contributed by atoms with E-state index in [1.807, 2.05) is 35.1 Å². The first kappa shape index (κ1) is 12.0. The van der Waals surface area contributed by atoms with Crippen molar-refractivity contribution in [3.8, 4) is 6.07 Å². The monoisotopic (exact) mass is 278 g/mol. The Bertz CT molecular complexity index is 791. The molecule has 1 fully saturated rings. The maximum absolute atomic E-state index is 8.88. The van der Waals surface area contributed by atoms with Gasteiger partial charge in [-0.1, -0.05) is 12.1 Å². The van der Waals surface area contributed by atoms with Crippen LogP contribution in [-0.4, -0.2) is 32.8 Å². The SMILES string of the molecule is N#Cc1cnn(C2CCN(c3nc4ccccc4[nH]3)C2)c1. The molecule has 6 nitrogen and oxygen atoms in total. The van der Waals surface area contributed by atoms with E-state index in [-0.39, 0.29) is 0 Å². The third kappa shape index (κ3) is 2.03. The number of para-hydroxylation sites is 2. The normalized spacial score (nSPS) is 18.2. The molecule has 0 aliphatic carbocycles. The second-order valence-corrected chi connectivity index (χ2v) is 5.29. The zero-order chi connectivity index (χ0) is 14.2. The number of hydrogen-bond donors (Lipinski definition) is 1. The van der Waals surface area contributed by atoms with Gasteiger partial charge in [0.25, 0.3) is 0 Å². The van der Waals surface area contributed by atoms with Crippen LogP contribution in [0.1, 0.15) is 18.0 Å². The summed E-state index contributed by atoms with van der Waals surface area (Å²) in [6.45, 7) is 1.79. The Morgan fingerprint density at radius 2 is 2.24 bits per heavy atom. The Labute approximate surface area is 121 Å². The fraction of sp³-hybridized carbons (Fsp3) is 0.267. The number of H-pyrrole nitrogens is 1. The van der Waals surface area contributed by atoms with E-state index in [1.54, 1.807) is 6.20 Å². The third-order valence-corrected chi connectivity index (χ3v) is 3.94. The molecule has 1 unspecified atom stereocenters. The average Bonchev–Trinajstić information content (AvgIpc) is 3.24. The Morgan fingerprint density at radius 1 is 1.33 bits per heavy atom. The number of imidazole rings is 1. The number of aromatic nitrogens is 4. The van der Waals surface area contributed by atoms with Crippen LogP contribution < -0.4 is 4.90 Å². The van der Waals surface area contributed by atoms with Crippen molar-refractivity contribution in [3.63, 3.8) is 0 Å². The molecule has 1 aromatic carbocycles. The number of benzene rings is 1. The molecule has 4 rings (SSSR count). The lowest BCUT2D eigenvalue weighted by molar-refractivity contribution is 0.494. The molecule has 21 heavy (non-hydrogen) atoms. The van der Waals surface area contributed by atoms with Crippen molar-refractivity contribution in [1.29, 1.82) is 5.26 Å². The van der Waals surface area contributed by atoms with Crippen LogP contribution in [0.25, 0.3) is 11.0 Å². The van der Waals surface area contributed by atoms with E-state index in [2.05, 4.69) is 26.0 Å².